The Bertz CT molecular complexity index is 675. The molecule has 0 heterocycles. The molecule has 29 heavy (non-hydrogen) atoms. The molecule has 1 amide bonds. The molecule has 2 aliphatic rings. The Morgan fingerprint density at radius 3 is 2.72 bits per heavy atom. The van der Waals surface area contributed by atoms with Crippen LogP contribution in [0.3, 0.4) is 0 Å². The summed E-state index contributed by atoms with van der Waals surface area (Å²) in [6.07, 6.45) is 5.83. The highest BCUT2D eigenvalue weighted by Gasteiger charge is 2.25. The third-order valence-corrected chi connectivity index (χ3v) is 5.40. The van der Waals surface area contributed by atoms with Crippen molar-refractivity contribution in [1.82, 2.24) is 10.2 Å². The number of ether oxygens (including phenoxy) is 1. The number of guanidine groups is 1. The van der Waals surface area contributed by atoms with E-state index in [0.29, 0.717) is 6.54 Å². The van der Waals surface area contributed by atoms with E-state index in [4.69, 9.17) is 9.73 Å². The smallest absolute Gasteiger partial charge is 0.227 e. The van der Waals surface area contributed by atoms with Gasteiger partial charge in [-0.2, -0.15) is 0 Å². The van der Waals surface area contributed by atoms with Crippen molar-refractivity contribution >= 4 is 41.5 Å². The quantitative estimate of drug-likeness (QED) is 0.216. The maximum Gasteiger partial charge on any atom is 0.227 e. The van der Waals surface area contributed by atoms with Crippen molar-refractivity contribution in [2.45, 2.75) is 45.6 Å². The van der Waals surface area contributed by atoms with Gasteiger partial charge in [-0.25, -0.2) is 4.99 Å². The van der Waals surface area contributed by atoms with Crippen molar-refractivity contribution in [3.63, 3.8) is 0 Å². The van der Waals surface area contributed by atoms with Crippen LogP contribution in [0.5, 0.6) is 0 Å². The number of hydrogen-bond acceptors (Lipinski definition) is 3. The molecule has 0 atom stereocenters. The summed E-state index contributed by atoms with van der Waals surface area (Å²) in [5, 5.41) is 6.38. The lowest BCUT2D eigenvalue weighted by molar-refractivity contribution is -0.122. The largest absolute Gasteiger partial charge is 0.379 e. The van der Waals surface area contributed by atoms with Crippen LogP contribution in [0.1, 0.15) is 44.6 Å². The second-order valence-electron chi connectivity index (χ2n) is 7.93. The van der Waals surface area contributed by atoms with Crippen molar-refractivity contribution in [3.05, 3.63) is 29.8 Å². The van der Waals surface area contributed by atoms with Crippen molar-refractivity contribution in [3.8, 4) is 0 Å². The molecule has 2 N–H and O–H groups in total. The van der Waals surface area contributed by atoms with E-state index in [2.05, 4.69) is 22.5 Å². The van der Waals surface area contributed by atoms with Crippen LogP contribution in [0, 0.1) is 11.8 Å². The number of hydrogen-bond donors (Lipinski definition) is 2. The molecule has 2 aliphatic carbocycles. The number of likely N-dealkylation sites (N-methyl/N-ethyl adjacent to an activating group) is 1. The molecule has 162 valence electrons. The number of aliphatic imine (C=N–C) groups is 1. The average Bonchev–Trinajstić information content (AvgIpc) is 3.45. The molecule has 0 spiro atoms. The first-order valence-electron chi connectivity index (χ1n) is 10.6. The van der Waals surface area contributed by atoms with Gasteiger partial charge < -0.3 is 20.3 Å². The molecule has 1 aromatic carbocycles. The number of halogens is 1. The van der Waals surface area contributed by atoms with Gasteiger partial charge in [-0.15, -0.1) is 24.0 Å². The van der Waals surface area contributed by atoms with Gasteiger partial charge >= 0.3 is 0 Å². The lowest BCUT2D eigenvalue weighted by atomic mass is 9.85. The number of carbonyl (C=O) groups excluding carboxylic acids is 1. The molecule has 0 aliphatic heterocycles. The van der Waals surface area contributed by atoms with Crippen LogP contribution in [-0.4, -0.2) is 50.1 Å². The Morgan fingerprint density at radius 2 is 2.07 bits per heavy atom. The van der Waals surface area contributed by atoms with E-state index < -0.39 is 0 Å². The number of rotatable bonds is 10. The van der Waals surface area contributed by atoms with Gasteiger partial charge in [-0.05, 0) is 56.2 Å². The van der Waals surface area contributed by atoms with Crippen LogP contribution in [-0.2, 0) is 16.1 Å². The molecule has 0 unspecified atom stereocenters. The van der Waals surface area contributed by atoms with E-state index in [0.717, 1.165) is 62.3 Å². The number of anilines is 1. The van der Waals surface area contributed by atoms with Gasteiger partial charge in [-0.3, -0.25) is 4.79 Å². The summed E-state index contributed by atoms with van der Waals surface area (Å²) in [5.74, 6) is 2.01. The van der Waals surface area contributed by atoms with Gasteiger partial charge in [0, 0.05) is 38.3 Å². The monoisotopic (exact) mass is 514 g/mol. The first-order chi connectivity index (χ1) is 13.7. The van der Waals surface area contributed by atoms with E-state index in [1.54, 1.807) is 0 Å². The Balaban J connectivity index is 0.00000300. The summed E-state index contributed by atoms with van der Waals surface area (Å²) in [6, 6.07) is 7.98. The molecule has 2 saturated carbocycles. The lowest BCUT2D eigenvalue weighted by Crippen LogP contribution is -2.40. The highest BCUT2D eigenvalue weighted by Crippen LogP contribution is 2.29. The summed E-state index contributed by atoms with van der Waals surface area (Å²) in [5.41, 5.74) is 1.94. The lowest BCUT2D eigenvalue weighted by Gasteiger charge is -2.24. The van der Waals surface area contributed by atoms with Gasteiger partial charge in [0.15, 0.2) is 5.96 Å². The van der Waals surface area contributed by atoms with Crippen LogP contribution < -0.4 is 10.6 Å². The highest BCUT2D eigenvalue weighted by molar-refractivity contribution is 14.0. The molecule has 0 aromatic heterocycles. The molecular weight excluding hydrogens is 479 g/mol. The Morgan fingerprint density at radius 1 is 1.28 bits per heavy atom. The SMILES string of the molecule is CCNC(=NCc1cccc(NC(=O)C2CCC2)c1)N(C)CCOCC1CC1.I. The summed E-state index contributed by atoms with van der Waals surface area (Å²) in [6.45, 7) is 5.90. The van der Waals surface area contributed by atoms with E-state index >= 15 is 0 Å². The third-order valence-electron chi connectivity index (χ3n) is 5.40. The van der Waals surface area contributed by atoms with E-state index in [1.807, 2.05) is 31.3 Å². The molecule has 0 radical (unpaired) electrons. The fourth-order valence-corrected chi connectivity index (χ4v) is 3.14. The second-order valence-corrected chi connectivity index (χ2v) is 7.93. The van der Waals surface area contributed by atoms with Crippen molar-refractivity contribution < 1.29 is 9.53 Å². The minimum Gasteiger partial charge on any atom is -0.379 e. The van der Waals surface area contributed by atoms with Crippen LogP contribution >= 0.6 is 24.0 Å². The van der Waals surface area contributed by atoms with Gasteiger partial charge in [0.05, 0.1) is 13.2 Å². The molecule has 0 bridgehead atoms. The highest BCUT2D eigenvalue weighted by atomic mass is 127. The molecule has 6 nitrogen and oxygen atoms in total. The third kappa shape index (κ3) is 8.12. The molecule has 2 fully saturated rings. The molecule has 3 rings (SSSR count). The second kappa shape index (κ2) is 12.4. The molecular formula is C22H35IN4O2. The normalized spacial score (nSPS) is 16.6. The number of amides is 1. The number of nitrogens with zero attached hydrogens (tertiary/aromatic N) is 2. The summed E-state index contributed by atoms with van der Waals surface area (Å²) in [7, 11) is 2.04. The first-order valence-corrected chi connectivity index (χ1v) is 10.6. The van der Waals surface area contributed by atoms with E-state index in [1.165, 1.54) is 19.3 Å². The fourth-order valence-electron chi connectivity index (χ4n) is 3.14. The van der Waals surface area contributed by atoms with E-state index in [9.17, 15) is 4.79 Å². The first kappa shape index (κ1) is 23.9. The molecule has 1 aromatic rings. The summed E-state index contributed by atoms with van der Waals surface area (Å²) in [4.78, 5) is 19.0. The van der Waals surface area contributed by atoms with Crippen molar-refractivity contribution in [2.24, 2.45) is 16.8 Å². The van der Waals surface area contributed by atoms with E-state index in [-0.39, 0.29) is 35.8 Å². The minimum absolute atomic E-state index is 0. The number of carbonyl (C=O) groups is 1. The minimum atomic E-state index is 0. The van der Waals surface area contributed by atoms with Crippen LogP contribution in [0.25, 0.3) is 0 Å². The standard InChI is InChI=1S/C22H34N4O2.HI/c1-3-23-22(26(2)12-13-28-16-17-10-11-17)24-15-18-6-4-9-20(14-18)25-21(27)19-7-5-8-19;/h4,6,9,14,17,19H,3,5,7-8,10-13,15-16H2,1-2H3,(H,23,24)(H,25,27);1H. The van der Waals surface area contributed by atoms with Crippen molar-refractivity contribution in [1.29, 1.82) is 0 Å². The van der Waals surface area contributed by atoms with Crippen LogP contribution in [0.4, 0.5) is 5.69 Å². The number of benzene rings is 1. The summed E-state index contributed by atoms with van der Waals surface area (Å²) < 4.78 is 5.74. The van der Waals surface area contributed by atoms with Crippen LogP contribution in [0.15, 0.2) is 29.3 Å². The maximum absolute atomic E-state index is 12.2. The maximum atomic E-state index is 12.2. The topological polar surface area (TPSA) is 66.0 Å². The summed E-state index contributed by atoms with van der Waals surface area (Å²) >= 11 is 0. The fraction of sp³-hybridized carbons (Fsp3) is 0.636. The molecule has 7 heteroatoms. The number of nitrogens with one attached hydrogen (secondary N) is 2. The zero-order valence-corrected chi connectivity index (χ0v) is 20.0. The Labute approximate surface area is 191 Å². The zero-order chi connectivity index (χ0) is 19.8. The van der Waals surface area contributed by atoms with Gasteiger partial charge in [-0.1, -0.05) is 18.6 Å². The van der Waals surface area contributed by atoms with Gasteiger partial charge in [0.2, 0.25) is 5.91 Å². The molecule has 0 saturated heterocycles. The zero-order valence-electron chi connectivity index (χ0n) is 17.7. The van der Waals surface area contributed by atoms with Crippen molar-refractivity contribution in [2.75, 3.05) is 38.7 Å². The van der Waals surface area contributed by atoms with Gasteiger partial charge in [0.1, 0.15) is 0 Å². The van der Waals surface area contributed by atoms with Crippen LogP contribution in [0.2, 0.25) is 0 Å². The Hall–Kier alpha value is -1.35. The van der Waals surface area contributed by atoms with Gasteiger partial charge in [0.25, 0.3) is 0 Å². The predicted molar refractivity (Wildman–Crippen MR) is 129 cm³/mol. The predicted octanol–water partition coefficient (Wildman–Crippen LogP) is 3.87. The average molecular weight is 514 g/mol. The Kier molecular flexibility index (Phi) is 10.2.